The fourth-order valence-electron chi connectivity index (χ4n) is 5.10. The number of rotatable bonds is 5. The predicted molar refractivity (Wildman–Crippen MR) is 125 cm³/mol. The van der Waals surface area contributed by atoms with E-state index >= 15 is 0 Å². The Hall–Kier alpha value is -2.91. The minimum absolute atomic E-state index is 0.0832. The van der Waals surface area contributed by atoms with E-state index in [1.54, 1.807) is 0 Å². The molecule has 2 aliphatic rings. The number of anilines is 1. The van der Waals surface area contributed by atoms with Crippen LogP contribution in [0.4, 0.5) is 5.00 Å². The molecule has 0 bridgehead atoms. The number of carbonyl (C=O) groups is 2. The van der Waals surface area contributed by atoms with Crippen molar-refractivity contribution in [2.75, 3.05) is 18.4 Å². The van der Waals surface area contributed by atoms with E-state index in [4.69, 9.17) is 5.73 Å². The number of nitrogens with zero attached hydrogens (tertiary/aromatic N) is 2. The number of nitrogens with one attached hydrogen (secondary N) is 2. The Balaban J connectivity index is 1.26. The van der Waals surface area contributed by atoms with Crippen molar-refractivity contribution in [3.05, 3.63) is 50.8 Å². The highest BCUT2D eigenvalue weighted by Crippen LogP contribution is 2.39. The fraction of sp³-hybridized carbons (Fsp3) is 0.435. The molecule has 32 heavy (non-hydrogen) atoms. The van der Waals surface area contributed by atoms with Crippen LogP contribution in [0.25, 0.3) is 11.0 Å². The molecule has 9 heteroatoms. The molecular weight excluding hydrogens is 426 g/mol. The molecule has 1 atom stereocenters. The maximum Gasteiger partial charge on any atom is 0.326 e. The number of aryl methyl sites for hydroxylation is 1. The lowest BCUT2D eigenvalue weighted by molar-refractivity contribution is -0.121. The molecule has 0 spiro atoms. The minimum Gasteiger partial charge on any atom is -0.365 e. The number of amides is 2. The lowest BCUT2D eigenvalue weighted by atomic mass is 10.0. The molecule has 1 aromatic carbocycles. The second-order valence-corrected chi connectivity index (χ2v) is 9.78. The third-order valence-electron chi connectivity index (χ3n) is 6.82. The molecule has 5 rings (SSSR count). The summed E-state index contributed by atoms with van der Waals surface area (Å²) in [6, 6.07) is 7.49. The first kappa shape index (κ1) is 21.0. The first-order chi connectivity index (χ1) is 15.4. The lowest BCUT2D eigenvalue weighted by Crippen LogP contribution is -2.47. The molecule has 168 valence electrons. The van der Waals surface area contributed by atoms with Crippen molar-refractivity contribution < 1.29 is 9.59 Å². The summed E-state index contributed by atoms with van der Waals surface area (Å²) in [5, 5.41) is 3.55. The molecule has 2 aromatic heterocycles. The zero-order valence-electron chi connectivity index (χ0n) is 18.0. The van der Waals surface area contributed by atoms with Crippen LogP contribution < -0.4 is 16.7 Å². The van der Waals surface area contributed by atoms with Gasteiger partial charge in [0, 0.05) is 24.0 Å². The predicted octanol–water partition coefficient (Wildman–Crippen LogP) is 2.64. The fourth-order valence-corrected chi connectivity index (χ4v) is 6.40. The molecular formula is C23H27N5O3S. The Morgan fingerprint density at radius 3 is 2.72 bits per heavy atom. The number of thiophene rings is 1. The molecule has 0 radical (unpaired) electrons. The van der Waals surface area contributed by atoms with Crippen molar-refractivity contribution >= 4 is 39.2 Å². The molecule has 0 saturated carbocycles. The molecule has 3 aromatic rings. The normalized spacial score (nSPS) is 18.0. The number of imidazole rings is 1. The zero-order valence-corrected chi connectivity index (χ0v) is 18.8. The van der Waals surface area contributed by atoms with E-state index in [1.165, 1.54) is 11.3 Å². The number of benzene rings is 1. The van der Waals surface area contributed by atoms with Crippen molar-refractivity contribution in [1.82, 2.24) is 14.5 Å². The SMILES string of the molecule is C[C@@H](C(=O)Nc1sc2c(c1C(N)=O)CCC2)N1CCC(n2c(=O)[nH]c3ccccc32)CC1. The topological polar surface area (TPSA) is 113 Å². The van der Waals surface area contributed by atoms with Gasteiger partial charge in [-0.3, -0.25) is 19.1 Å². The highest BCUT2D eigenvalue weighted by Gasteiger charge is 2.31. The number of piperidine rings is 1. The maximum absolute atomic E-state index is 13.0. The lowest BCUT2D eigenvalue weighted by Gasteiger charge is -2.35. The van der Waals surface area contributed by atoms with Gasteiger partial charge in [0.05, 0.1) is 22.6 Å². The number of aromatic nitrogens is 2. The zero-order chi connectivity index (χ0) is 22.4. The first-order valence-electron chi connectivity index (χ1n) is 11.1. The minimum atomic E-state index is -0.475. The van der Waals surface area contributed by atoms with Crippen molar-refractivity contribution in [1.29, 1.82) is 0 Å². The van der Waals surface area contributed by atoms with Gasteiger partial charge < -0.3 is 16.0 Å². The van der Waals surface area contributed by atoms with Gasteiger partial charge in [-0.05, 0) is 56.7 Å². The Kier molecular flexibility index (Phi) is 5.38. The van der Waals surface area contributed by atoms with E-state index < -0.39 is 5.91 Å². The van der Waals surface area contributed by atoms with Gasteiger partial charge >= 0.3 is 5.69 Å². The van der Waals surface area contributed by atoms with Crippen molar-refractivity contribution in [3.8, 4) is 0 Å². The summed E-state index contributed by atoms with van der Waals surface area (Å²) in [7, 11) is 0. The summed E-state index contributed by atoms with van der Waals surface area (Å²) in [6.07, 6.45) is 4.39. The molecule has 4 N–H and O–H groups in total. The van der Waals surface area contributed by atoms with Gasteiger partial charge in [0.1, 0.15) is 5.00 Å². The van der Waals surface area contributed by atoms with Crippen LogP contribution in [0.1, 0.15) is 53.0 Å². The van der Waals surface area contributed by atoms with Gasteiger partial charge in [0.2, 0.25) is 5.91 Å². The van der Waals surface area contributed by atoms with Crippen LogP contribution in [0, 0.1) is 0 Å². The van der Waals surface area contributed by atoms with E-state index in [-0.39, 0.29) is 23.7 Å². The monoisotopic (exact) mass is 453 g/mol. The number of hydrogen-bond acceptors (Lipinski definition) is 5. The molecule has 1 aliphatic carbocycles. The summed E-state index contributed by atoms with van der Waals surface area (Å²) in [4.78, 5) is 43.7. The van der Waals surface area contributed by atoms with Crippen LogP contribution in [0.15, 0.2) is 29.1 Å². The average molecular weight is 454 g/mol. The quantitative estimate of drug-likeness (QED) is 0.551. The molecule has 8 nitrogen and oxygen atoms in total. The van der Waals surface area contributed by atoms with Gasteiger partial charge in [0.15, 0.2) is 0 Å². The summed E-state index contributed by atoms with van der Waals surface area (Å²) in [5.74, 6) is -0.604. The summed E-state index contributed by atoms with van der Waals surface area (Å²) >= 11 is 1.48. The van der Waals surface area contributed by atoms with Crippen LogP contribution in [0.3, 0.4) is 0 Å². The van der Waals surface area contributed by atoms with E-state index in [0.717, 1.165) is 66.7 Å². The van der Waals surface area contributed by atoms with Gasteiger partial charge in [-0.1, -0.05) is 12.1 Å². The molecule has 1 fully saturated rings. The highest BCUT2D eigenvalue weighted by atomic mass is 32.1. The largest absolute Gasteiger partial charge is 0.365 e. The number of fused-ring (bicyclic) bond motifs is 2. The standard InChI is InChI=1S/C23H27N5O3S/c1-13(21(30)26-22-19(20(24)29)15-5-4-8-18(15)32-22)27-11-9-14(10-12-27)28-17-7-3-2-6-16(17)25-23(28)31/h2-3,6-7,13-14H,4-5,8-12H2,1H3,(H2,24,29)(H,25,31)(H,26,30)/t13-/m0/s1. The van der Waals surface area contributed by atoms with Crippen LogP contribution in [0.2, 0.25) is 0 Å². The highest BCUT2D eigenvalue weighted by molar-refractivity contribution is 7.17. The molecule has 3 heterocycles. The van der Waals surface area contributed by atoms with Gasteiger partial charge in [-0.2, -0.15) is 0 Å². The van der Waals surface area contributed by atoms with Crippen LogP contribution in [-0.2, 0) is 17.6 Å². The maximum atomic E-state index is 13.0. The Morgan fingerprint density at radius 1 is 1.22 bits per heavy atom. The Labute approximate surface area is 189 Å². The summed E-state index contributed by atoms with van der Waals surface area (Å²) in [5.41, 5.74) is 8.80. The molecule has 1 saturated heterocycles. The number of para-hydroxylation sites is 2. The van der Waals surface area contributed by atoms with E-state index in [2.05, 4.69) is 15.2 Å². The Bertz CT molecular complexity index is 1250. The average Bonchev–Trinajstić information content (AvgIpc) is 3.44. The van der Waals surface area contributed by atoms with E-state index in [9.17, 15) is 14.4 Å². The van der Waals surface area contributed by atoms with Crippen LogP contribution in [-0.4, -0.2) is 45.4 Å². The van der Waals surface area contributed by atoms with Gasteiger partial charge in [-0.25, -0.2) is 4.79 Å². The van der Waals surface area contributed by atoms with Crippen molar-refractivity contribution in [2.45, 2.75) is 51.1 Å². The molecule has 1 aliphatic heterocycles. The second-order valence-electron chi connectivity index (χ2n) is 8.68. The Morgan fingerprint density at radius 2 is 1.97 bits per heavy atom. The third-order valence-corrected chi connectivity index (χ3v) is 8.03. The van der Waals surface area contributed by atoms with Gasteiger partial charge in [-0.15, -0.1) is 11.3 Å². The first-order valence-corrected chi connectivity index (χ1v) is 11.9. The summed E-state index contributed by atoms with van der Waals surface area (Å²) < 4.78 is 1.85. The number of H-pyrrole nitrogens is 1. The molecule has 2 amide bonds. The summed E-state index contributed by atoms with van der Waals surface area (Å²) in [6.45, 7) is 3.32. The number of primary amides is 1. The third kappa shape index (κ3) is 3.55. The van der Waals surface area contributed by atoms with E-state index in [1.807, 2.05) is 35.8 Å². The number of likely N-dealkylation sites (tertiary alicyclic amines) is 1. The van der Waals surface area contributed by atoms with Crippen LogP contribution in [0.5, 0.6) is 0 Å². The number of carbonyl (C=O) groups excluding carboxylic acids is 2. The second kappa shape index (κ2) is 8.22. The molecule has 0 unspecified atom stereocenters. The van der Waals surface area contributed by atoms with Crippen molar-refractivity contribution in [3.63, 3.8) is 0 Å². The number of nitrogens with two attached hydrogens (primary N) is 1. The van der Waals surface area contributed by atoms with Crippen LogP contribution >= 0.6 is 11.3 Å². The van der Waals surface area contributed by atoms with E-state index in [0.29, 0.717) is 10.6 Å². The number of hydrogen-bond donors (Lipinski definition) is 3. The van der Waals surface area contributed by atoms with Crippen molar-refractivity contribution in [2.24, 2.45) is 5.73 Å². The van der Waals surface area contributed by atoms with Gasteiger partial charge in [0.25, 0.3) is 5.91 Å². The smallest absolute Gasteiger partial charge is 0.326 e. The number of aromatic amines is 1.